The molecule has 0 fully saturated rings. The Kier molecular flexibility index (Phi) is 5.07. The number of hydrogen-bond acceptors (Lipinski definition) is 4. The van der Waals surface area contributed by atoms with Crippen LogP contribution in [0.15, 0.2) is 29.2 Å². The lowest BCUT2D eigenvalue weighted by Gasteiger charge is -2.10. The molecule has 0 saturated carbocycles. The van der Waals surface area contributed by atoms with Crippen molar-refractivity contribution in [2.45, 2.75) is 11.4 Å². The zero-order valence-corrected chi connectivity index (χ0v) is 11.0. The summed E-state index contributed by atoms with van der Waals surface area (Å²) in [7, 11) is 0.520. The number of nitrogens with zero attached hydrogens (tertiary/aromatic N) is 1. The van der Waals surface area contributed by atoms with E-state index in [1.54, 1.807) is 12.1 Å². The zero-order chi connectivity index (χ0) is 12.9. The van der Waals surface area contributed by atoms with Crippen molar-refractivity contribution < 1.29 is 8.42 Å². The van der Waals surface area contributed by atoms with Crippen LogP contribution in [0.3, 0.4) is 0 Å². The number of nitrogens with two attached hydrogens (primary N) is 1. The van der Waals surface area contributed by atoms with E-state index < -0.39 is 10.0 Å². The van der Waals surface area contributed by atoms with Crippen LogP contribution in [0.2, 0.25) is 0 Å². The molecular weight excluding hydrogens is 238 g/mol. The van der Waals surface area contributed by atoms with Gasteiger partial charge in [0, 0.05) is 19.6 Å². The molecule has 0 unspecified atom stereocenters. The Bertz CT molecular complexity index is 440. The summed E-state index contributed by atoms with van der Waals surface area (Å²) in [5, 5.41) is 0. The molecule has 0 bridgehead atoms. The summed E-state index contributed by atoms with van der Waals surface area (Å²) in [6.07, 6.45) is 0. The normalized spacial score (nSPS) is 12.0. The first-order chi connectivity index (χ1) is 7.95. The molecule has 0 saturated heterocycles. The molecule has 17 heavy (non-hydrogen) atoms. The van der Waals surface area contributed by atoms with Crippen molar-refractivity contribution >= 4 is 10.0 Å². The van der Waals surface area contributed by atoms with Crippen molar-refractivity contribution in [2.24, 2.45) is 5.73 Å². The Balaban J connectivity index is 2.80. The number of sulfonamides is 1. The van der Waals surface area contributed by atoms with Crippen LogP contribution in [0.1, 0.15) is 5.56 Å². The second-order valence-electron chi connectivity index (χ2n) is 4.07. The molecule has 3 N–H and O–H groups in total. The van der Waals surface area contributed by atoms with E-state index >= 15 is 0 Å². The molecule has 0 amide bonds. The fourth-order valence-electron chi connectivity index (χ4n) is 1.42. The lowest BCUT2D eigenvalue weighted by molar-refractivity contribution is 0.402. The second kappa shape index (κ2) is 6.11. The molecule has 0 heterocycles. The summed E-state index contributed by atoms with van der Waals surface area (Å²) in [4.78, 5) is 2.30. The lowest BCUT2D eigenvalue weighted by Crippen LogP contribution is -2.29. The molecule has 96 valence electrons. The Morgan fingerprint density at radius 1 is 1.24 bits per heavy atom. The predicted octanol–water partition coefficient (Wildman–Crippen LogP) is -0.0148. The average molecular weight is 257 g/mol. The van der Waals surface area contributed by atoms with Gasteiger partial charge >= 0.3 is 0 Å². The van der Waals surface area contributed by atoms with E-state index in [9.17, 15) is 8.42 Å². The Morgan fingerprint density at radius 3 is 2.29 bits per heavy atom. The predicted molar refractivity (Wildman–Crippen MR) is 68.1 cm³/mol. The Morgan fingerprint density at radius 2 is 1.82 bits per heavy atom. The molecular formula is C11H19N3O2S. The van der Waals surface area contributed by atoms with E-state index in [0.717, 1.165) is 12.1 Å². The SMILES string of the molecule is CN(C)Cc1ccc(S(=O)(=O)NCCN)cc1. The highest BCUT2D eigenvalue weighted by Gasteiger charge is 2.12. The fourth-order valence-corrected chi connectivity index (χ4v) is 2.46. The molecule has 1 aromatic carbocycles. The summed E-state index contributed by atoms with van der Waals surface area (Å²) < 4.78 is 25.9. The molecule has 5 nitrogen and oxygen atoms in total. The Labute approximate surface area is 103 Å². The van der Waals surface area contributed by atoms with Gasteiger partial charge in [0.05, 0.1) is 4.90 Å². The summed E-state index contributed by atoms with van der Waals surface area (Å²) in [5.41, 5.74) is 6.34. The first-order valence-electron chi connectivity index (χ1n) is 5.39. The maximum atomic E-state index is 11.7. The third-order valence-electron chi connectivity index (χ3n) is 2.17. The van der Waals surface area contributed by atoms with Crippen molar-refractivity contribution in [3.8, 4) is 0 Å². The molecule has 0 aliphatic carbocycles. The Hall–Kier alpha value is -0.950. The summed E-state index contributed by atoms with van der Waals surface area (Å²) in [5.74, 6) is 0. The van der Waals surface area contributed by atoms with E-state index in [-0.39, 0.29) is 18.0 Å². The van der Waals surface area contributed by atoms with Crippen LogP contribution >= 0.6 is 0 Å². The van der Waals surface area contributed by atoms with E-state index in [1.165, 1.54) is 0 Å². The first-order valence-corrected chi connectivity index (χ1v) is 6.87. The van der Waals surface area contributed by atoms with Gasteiger partial charge in [0.15, 0.2) is 0 Å². The van der Waals surface area contributed by atoms with Crippen LogP contribution in [0.25, 0.3) is 0 Å². The minimum Gasteiger partial charge on any atom is -0.329 e. The molecule has 1 aromatic rings. The van der Waals surface area contributed by atoms with Crippen LogP contribution < -0.4 is 10.5 Å². The van der Waals surface area contributed by atoms with Gasteiger partial charge in [-0.05, 0) is 31.8 Å². The van der Waals surface area contributed by atoms with Gasteiger partial charge in [-0.15, -0.1) is 0 Å². The molecule has 6 heteroatoms. The van der Waals surface area contributed by atoms with E-state index in [4.69, 9.17) is 5.73 Å². The summed E-state index contributed by atoms with van der Waals surface area (Å²) in [6.45, 7) is 1.33. The third-order valence-corrected chi connectivity index (χ3v) is 3.65. The summed E-state index contributed by atoms with van der Waals surface area (Å²) >= 11 is 0. The van der Waals surface area contributed by atoms with Gasteiger partial charge in [0.1, 0.15) is 0 Å². The number of hydrogen-bond donors (Lipinski definition) is 2. The summed E-state index contributed by atoms with van der Waals surface area (Å²) in [6, 6.07) is 6.85. The minimum atomic E-state index is -3.41. The smallest absolute Gasteiger partial charge is 0.240 e. The van der Waals surface area contributed by atoms with E-state index in [0.29, 0.717) is 0 Å². The van der Waals surface area contributed by atoms with Gasteiger partial charge < -0.3 is 10.6 Å². The topological polar surface area (TPSA) is 75.4 Å². The standard InChI is InChI=1S/C11H19N3O2S/c1-14(2)9-10-3-5-11(6-4-10)17(15,16)13-8-7-12/h3-6,13H,7-9,12H2,1-2H3. The first kappa shape index (κ1) is 14.1. The highest BCUT2D eigenvalue weighted by Crippen LogP contribution is 2.11. The van der Waals surface area contributed by atoms with Gasteiger partial charge in [-0.3, -0.25) is 0 Å². The molecule has 0 radical (unpaired) electrons. The number of rotatable bonds is 6. The van der Waals surface area contributed by atoms with Crippen LogP contribution in [0.4, 0.5) is 0 Å². The molecule has 0 aromatic heterocycles. The van der Waals surface area contributed by atoms with Crippen molar-refractivity contribution in [1.29, 1.82) is 0 Å². The van der Waals surface area contributed by atoms with Crippen molar-refractivity contribution in [1.82, 2.24) is 9.62 Å². The third kappa shape index (κ3) is 4.43. The van der Waals surface area contributed by atoms with Crippen LogP contribution in [-0.2, 0) is 16.6 Å². The van der Waals surface area contributed by atoms with E-state index in [1.807, 2.05) is 31.1 Å². The highest BCUT2D eigenvalue weighted by molar-refractivity contribution is 7.89. The molecule has 0 aliphatic heterocycles. The largest absolute Gasteiger partial charge is 0.329 e. The van der Waals surface area contributed by atoms with Crippen LogP contribution in [-0.4, -0.2) is 40.5 Å². The number of nitrogens with one attached hydrogen (secondary N) is 1. The van der Waals surface area contributed by atoms with Gasteiger partial charge in [-0.25, -0.2) is 13.1 Å². The quantitative estimate of drug-likeness (QED) is 0.751. The maximum Gasteiger partial charge on any atom is 0.240 e. The number of benzene rings is 1. The second-order valence-corrected chi connectivity index (χ2v) is 5.84. The van der Waals surface area contributed by atoms with Crippen molar-refractivity contribution in [3.05, 3.63) is 29.8 Å². The molecule has 1 rings (SSSR count). The highest BCUT2D eigenvalue weighted by atomic mass is 32.2. The lowest BCUT2D eigenvalue weighted by atomic mass is 10.2. The zero-order valence-electron chi connectivity index (χ0n) is 10.2. The van der Waals surface area contributed by atoms with Gasteiger partial charge in [-0.1, -0.05) is 12.1 Å². The van der Waals surface area contributed by atoms with Crippen molar-refractivity contribution in [3.63, 3.8) is 0 Å². The van der Waals surface area contributed by atoms with Gasteiger partial charge in [0.2, 0.25) is 10.0 Å². The van der Waals surface area contributed by atoms with Gasteiger partial charge in [0.25, 0.3) is 0 Å². The molecule has 0 spiro atoms. The molecule has 0 aliphatic rings. The van der Waals surface area contributed by atoms with Crippen LogP contribution in [0.5, 0.6) is 0 Å². The van der Waals surface area contributed by atoms with Crippen LogP contribution in [0, 0.1) is 0 Å². The minimum absolute atomic E-state index is 0.252. The van der Waals surface area contributed by atoms with Gasteiger partial charge in [-0.2, -0.15) is 0 Å². The maximum absolute atomic E-state index is 11.7. The fraction of sp³-hybridized carbons (Fsp3) is 0.455. The van der Waals surface area contributed by atoms with E-state index in [2.05, 4.69) is 4.72 Å². The molecule has 0 atom stereocenters. The monoisotopic (exact) mass is 257 g/mol. The average Bonchev–Trinajstić information content (AvgIpc) is 2.26. The van der Waals surface area contributed by atoms with Crippen molar-refractivity contribution in [2.75, 3.05) is 27.2 Å².